The summed E-state index contributed by atoms with van der Waals surface area (Å²) < 4.78 is 0. The molecule has 1 heterocycles. The number of rotatable bonds is 4. The Morgan fingerprint density at radius 2 is 2.36 bits per heavy atom. The van der Waals surface area contributed by atoms with E-state index in [1.807, 2.05) is 5.38 Å². The van der Waals surface area contributed by atoms with Crippen LogP contribution in [0.5, 0.6) is 0 Å². The zero-order chi connectivity index (χ0) is 10.6. The fourth-order valence-electron chi connectivity index (χ4n) is 0.811. The van der Waals surface area contributed by atoms with Gasteiger partial charge in [0.1, 0.15) is 4.88 Å². The van der Waals surface area contributed by atoms with Gasteiger partial charge in [0.2, 0.25) is 0 Å². The Bertz CT molecular complexity index is 349. The second-order valence-corrected chi connectivity index (χ2v) is 5.05. The molecule has 1 rings (SSSR count). The molecule has 1 N–H and O–H groups in total. The molecule has 0 spiro atoms. The van der Waals surface area contributed by atoms with Gasteiger partial charge in [0.15, 0.2) is 0 Å². The molecule has 1 aromatic rings. The second kappa shape index (κ2) is 5.22. The van der Waals surface area contributed by atoms with E-state index in [4.69, 9.17) is 5.11 Å². The van der Waals surface area contributed by atoms with Crippen LogP contribution in [-0.4, -0.2) is 16.8 Å². The molecule has 0 saturated carbocycles. The Labute approximate surface area is 91.7 Å². The van der Waals surface area contributed by atoms with Gasteiger partial charge in [-0.1, -0.05) is 11.6 Å². The molecule has 0 saturated heterocycles. The van der Waals surface area contributed by atoms with E-state index in [0.29, 0.717) is 4.88 Å². The van der Waals surface area contributed by atoms with Crippen LogP contribution < -0.4 is 0 Å². The molecule has 76 valence electrons. The summed E-state index contributed by atoms with van der Waals surface area (Å²) in [6.07, 6.45) is 2.13. The quantitative estimate of drug-likeness (QED) is 0.633. The predicted octanol–water partition coefficient (Wildman–Crippen LogP) is 3.50. The van der Waals surface area contributed by atoms with Crippen molar-refractivity contribution in [2.45, 2.75) is 18.7 Å². The monoisotopic (exact) mass is 228 g/mol. The number of thiophene rings is 1. The maximum Gasteiger partial charge on any atom is 0.345 e. The normalized spacial score (nSPS) is 9.86. The van der Waals surface area contributed by atoms with Gasteiger partial charge in [-0.15, -0.1) is 23.1 Å². The highest BCUT2D eigenvalue weighted by molar-refractivity contribution is 7.99. The van der Waals surface area contributed by atoms with E-state index in [1.165, 1.54) is 16.9 Å². The van der Waals surface area contributed by atoms with Crippen LogP contribution in [0.4, 0.5) is 0 Å². The predicted molar refractivity (Wildman–Crippen MR) is 61.4 cm³/mol. The van der Waals surface area contributed by atoms with Crippen LogP contribution in [0.3, 0.4) is 0 Å². The highest BCUT2D eigenvalue weighted by atomic mass is 32.2. The van der Waals surface area contributed by atoms with E-state index >= 15 is 0 Å². The van der Waals surface area contributed by atoms with Gasteiger partial charge in [-0.05, 0) is 19.9 Å². The summed E-state index contributed by atoms with van der Waals surface area (Å²) in [5, 5.41) is 10.6. The number of carboxylic acid groups (broad SMARTS) is 1. The lowest BCUT2D eigenvalue weighted by atomic mass is 10.3. The molecule has 0 bridgehead atoms. The van der Waals surface area contributed by atoms with Crippen molar-refractivity contribution in [3.05, 3.63) is 28.0 Å². The fourth-order valence-corrected chi connectivity index (χ4v) is 2.72. The number of hydrogen-bond donors (Lipinski definition) is 1. The van der Waals surface area contributed by atoms with Gasteiger partial charge in [-0.2, -0.15) is 0 Å². The molecule has 0 radical (unpaired) electrons. The summed E-state index contributed by atoms with van der Waals surface area (Å²) in [5.41, 5.74) is 1.28. The van der Waals surface area contributed by atoms with Crippen molar-refractivity contribution < 1.29 is 9.90 Å². The third-order valence-electron chi connectivity index (χ3n) is 1.53. The first-order valence-corrected chi connectivity index (χ1v) is 6.04. The first-order chi connectivity index (χ1) is 6.59. The maximum absolute atomic E-state index is 10.6. The molecule has 0 aliphatic carbocycles. The molecule has 0 aromatic carbocycles. The number of carbonyl (C=O) groups is 1. The Morgan fingerprint density at radius 3 is 2.86 bits per heavy atom. The van der Waals surface area contributed by atoms with Gasteiger partial charge in [-0.3, -0.25) is 0 Å². The highest BCUT2D eigenvalue weighted by Gasteiger charge is 2.05. The average Bonchev–Trinajstić information content (AvgIpc) is 2.52. The Hall–Kier alpha value is -0.740. The summed E-state index contributed by atoms with van der Waals surface area (Å²) in [6, 6.07) is 1.72. The van der Waals surface area contributed by atoms with Crippen LogP contribution >= 0.6 is 23.1 Å². The molecule has 0 amide bonds. The van der Waals surface area contributed by atoms with Crippen molar-refractivity contribution in [1.29, 1.82) is 0 Å². The van der Waals surface area contributed by atoms with Crippen LogP contribution in [0.2, 0.25) is 0 Å². The molecular weight excluding hydrogens is 216 g/mol. The summed E-state index contributed by atoms with van der Waals surface area (Å²) in [4.78, 5) is 12.0. The first kappa shape index (κ1) is 11.3. The third kappa shape index (κ3) is 3.55. The van der Waals surface area contributed by atoms with Gasteiger partial charge < -0.3 is 5.11 Å². The Balaban J connectivity index is 2.52. The van der Waals surface area contributed by atoms with Crippen molar-refractivity contribution in [1.82, 2.24) is 0 Å². The minimum absolute atomic E-state index is 0.407. The summed E-state index contributed by atoms with van der Waals surface area (Å²) in [7, 11) is 0. The van der Waals surface area contributed by atoms with Crippen LogP contribution in [0, 0.1) is 0 Å². The Kier molecular flexibility index (Phi) is 4.22. The van der Waals surface area contributed by atoms with Crippen molar-refractivity contribution in [2.24, 2.45) is 0 Å². The summed E-state index contributed by atoms with van der Waals surface area (Å²) in [5.74, 6) is 0.0575. The van der Waals surface area contributed by atoms with Crippen molar-refractivity contribution in [3.63, 3.8) is 0 Å². The van der Waals surface area contributed by atoms with Crippen molar-refractivity contribution in [2.75, 3.05) is 5.75 Å². The molecule has 4 heteroatoms. The maximum atomic E-state index is 10.6. The van der Waals surface area contributed by atoms with Gasteiger partial charge >= 0.3 is 5.97 Å². The lowest BCUT2D eigenvalue weighted by Gasteiger charge is -1.92. The fraction of sp³-hybridized carbons (Fsp3) is 0.300. The second-order valence-electron chi connectivity index (χ2n) is 3.04. The number of thioether (sulfide) groups is 1. The molecule has 0 aliphatic rings. The van der Waals surface area contributed by atoms with E-state index in [1.54, 1.807) is 17.8 Å². The molecule has 0 aliphatic heterocycles. The lowest BCUT2D eigenvalue weighted by Crippen LogP contribution is -1.89. The molecule has 0 unspecified atom stereocenters. The minimum Gasteiger partial charge on any atom is -0.477 e. The summed E-state index contributed by atoms with van der Waals surface area (Å²) in [6.45, 7) is 4.10. The zero-order valence-corrected chi connectivity index (χ0v) is 9.74. The highest BCUT2D eigenvalue weighted by Crippen LogP contribution is 2.24. The van der Waals surface area contributed by atoms with E-state index in [0.717, 1.165) is 10.6 Å². The lowest BCUT2D eigenvalue weighted by molar-refractivity contribution is 0.0702. The van der Waals surface area contributed by atoms with Crippen LogP contribution in [0.25, 0.3) is 0 Å². The standard InChI is InChI=1S/C10H12O2S2/c1-7(2)3-4-13-8-5-9(10(11)12)14-6-8/h3,5-6H,4H2,1-2H3,(H,11,12). The van der Waals surface area contributed by atoms with E-state index in [9.17, 15) is 4.79 Å². The van der Waals surface area contributed by atoms with E-state index in [-0.39, 0.29) is 0 Å². The number of carboxylic acids is 1. The first-order valence-electron chi connectivity index (χ1n) is 4.17. The zero-order valence-electron chi connectivity index (χ0n) is 8.11. The van der Waals surface area contributed by atoms with E-state index < -0.39 is 5.97 Å². The van der Waals surface area contributed by atoms with Gasteiger partial charge in [-0.25, -0.2) is 4.79 Å². The number of hydrogen-bond acceptors (Lipinski definition) is 3. The molecule has 0 atom stereocenters. The smallest absolute Gasteiger partial charge is 0.345 e. The molecule has 14 heavy (non-hydrogen) atoms. The molecule has 1 aromatic heterocycles. The van der Waals surface area contributed by atoms with Crippen molar-refractivity contribution >= 4 is 29.1 Å². The van der Waals surface area contributed by atoms with Crippen LogP contribution in [0.15, 0.2) is 28.0 Å². The molecular formula is C10H12O2S2. The topological polar surface area (TPSA) is 37.3 Å². The van der Waals surface area contributed by atoms with Crippen LogP contribution in [-0.2, 0) is 0 Å². The average molecular weight is 228 g/mol. The number of allylic oxidation sites excluding steroid dienone is 1. The summed E-state index contributed by atoms with van der Waals surface area (Å²) >= 11 is 2.93. The van der Waals surface area contributed by atoms with E-state index in [2.05, 4.69) is 19.9 Å². The minimum atomic E-state index is -0.843. The van der Waals surface area contributed by atoms with Crippen molar-refractivity contribution in [3.8, 4) is 0 Å². The van der Waals surface area contributed by atoms with Crippen LogP contribution in [0.1, 0.15) is 23.5 Å². The van der Waals surface area contributed by atoms with Gasteiger partial charge in [0, 0.05) is 16.0 Å². The third-order valence-corrected chi connectivity index (χ3v) is 3.50. The molecule has 2 nitrogen and oxygen atoms in total. The SMILES string of the molecule is CC(C)=CCSc1csc(C(=O)O)c1. The van der Waals surface area contributed by atoms with Gasteiger partial charge in [0.05, 0.1) is 0 Å². The van der Waals surface area contributed by atoms with Gasteiger partial charge in [0.25, 0.3) is 0 Å². The molecule has 0 fully saturated rings. The largest absolute Gasteiger partial charge is 0.477 e. The Morgan fingerprint density at radius 1 is 1.64 bits per heavy atom. The number of aromatic carboxylic acids is 1.